The van der Waals surface area contributed by atoms with Gasteiger partial charge in [0.1, 0.15) is 0 Å². The number of aryl methyl sites for hydroxylation is 1. The van der Waals surface area contributed by atoms with Crippen LogP contribution in [-0.2, 0) is 16.4 Å². The Labute approximate surface area is 143 Å². The fraction of sp³-hybridized carbons (Fsp3) is 0.571. The highest BCUT2D eigenvalue weighted by atomic mass is 35.5. The summed E-state index contributed by atoms with van der Waals surface area (Å²) in [6, 6.07) is 3.94. The zero-order valence-electron chi connectivity index (χ0n) is 13.8. The number of hydrogen-bond acceptors (Lipinski definition) is 5. The molecule has 1 rings (SSSR count). The number of nitrogens with two attached hydrogens (primary N) is 1. The lowest BCUT2D eigenvalue weighted by atomic mass is 9.94. The van der Waals surface area contributed by atoms with Crippen molar-refractivity contribution in [1.82, 2.24) is 4.31 Å². The molecule has 0 aliphatic carbocycles. The molecule has 0 saturated carbocycles. The summed E-state index contributed by atoms with van der Waals surface area (Å²) in [7, 11) is -2.34. The van der Waals surface area contributed by atoms with Gasteiger partial charge in [0.15, 0.2) is 0 Å². The molecule has 23 heavy (non-hydrogen) atoms. The summed E-state index contributed by atoms with van der Waals surface area (Å²) in [6.07, 6.45) is 0.473. The first-order valence-corrected chi connectivity index (χ1v) is 8.43. The number of nitro benzene ring substituents is 1. The summed E-state index contributed by atoms with van der Waals surface area (Å²) in [5, 5.41) is 10.9. The van der Waals surface area contributed by atoms with Gasteiger partial charge in [0.05, 0.1) is 9.82 Å². The van der Waals surface area contributed by atoms with E-state index in [1.807, 2.05) is 20.8 Å². The second-order valence-corrected chi connectivity index (χ2v) is 8.05. The minimum absolute atomic E-state index is 0. The first kappa shape index (κ1) is 21.8. The highest BCUT2D eigenvalue weighted by Gasteiger charge is 2.29. The first-order valence-electron chi connectivity index (χ1n) is 6.99. The Kier molecular flexibility index (Phi) is 7.62. The molecular formula is C14H24ClN3O4S. The minimum atomic E-state index is -3.81. The van der Waals surface area contributed by atoms with Crippen molar-refractivity contribution in [2.75, 3.05) is 20.1 Å². The van der Waals surface area contributed by atoms with Crippen LogP contribution in [0.5, 0.6) is 0 Å². The fourth-order valence-electron chi connectivity index (χ4n) is 2.11. The number of halogens is 1. The van der Waals surface area contributed by atoms with Gasteiger partial charge >= 0.3 is 0 Å². The van der Waals surface area contributed by atoms with Crippen LogP contribution >= 0.6 is 12.4 Å². The SMILES string of the molecule is CCc1ccc([N+](=O)[O-])cc1S(=O)(=O)N(C)CC(C)(C)CN.Cl. The molecule has 2 N–H and O–H groups in total. The lowest BCUT2D eigenvalue weighted by Gasteiger charge is -2.28. The van der Waals surface area contributed by atoms with E-state index in [0.717, 1.165) is 6.07 Å². The number of non-ortho nitro benzene ring substituents is 1. The molecule has 0 saturated heterocycles. The van der Waals surface area contributed by atoms with Gasteiger partial charge in [0.25, 0.3) is 5.69 Å². The summed E-state index contributed by atoms with van der Waals surface area (Å²) in [5.74, 6) is 0. The van der Waals surface area contributed by atoms with E-state index in [2.05, 4.69) is 0 Å². The number of hydrogen-bond donors (Lipinski definition) is 1. The average Bonchev–Trinajstić information content (AvgIpc) is 2.45. The second kappa shape index (κ2) is 8.05. The van der Waals surface area contributed by atoms with E-state index in [0.29, 0.717) is 18.5 Å². The van der Waals surface area contributed by atoms with Gasteiger partial charge in [0, 0.05) is 25.7 Å². The van der Waals surface area contributed by atoms with E-state index in [9.17, 15) is 18.5 Å². The van der Waals surface area contributed by atoms with Crippen molar-refractivity contribution in [1.29, 1.82) is 0 Å². The maximum absolute atomic E-state index is 12.7. The Balaban J connectivity index is 0.00000484. The maximum Gasteiger partial charge on any atom is 0.270 e. The lowest BCUT2D eigenvalue weighted by Crippen LogP contribution is -2.40. The maximum atomic E-state index is 12.7. The topological polar surface area (TPSA) is 107 Å². The van der Waals surface area contributed by atoms with Crippen LogP contribution in [0.2, 0.25) is 0 Å². The van der Waals surface area contributed by atoms with E-state index >= 15 is 0 Å². The van der Waals surface area contributed by atoms with Crippen LogP contribution in [0.3, 0.4) is 0 Å². The number of sulfonamides is 1. The summed E-state index contributed by atoms with van der Waals surface area (Å²) < 4.78 is 26.7. The number of rotatable bonds is 7. The normalized spacial score (nSPS) is 12.1. The number of benzene rings is 1. The molecular weight excluding hydrogens is 342 g/mol. The molecule has 0 fully saturated rings. The van der Waals surface area contributed by atoms with Crippen LogP contribution in [0.25, 0.3) is 0 Å². The molecule has 0 spiro atoms. The quantitative estimate of drug-likeness (QED) is 0.588. The van der Waals surface area contributed by atoms with Gasteiger partial charge in [-0.05, 0) is 23.9 Å². The van der Waals surface area contributed by atoms with E-state index < -0.39 is 14.9 Å². The van der Waals surface area contributed by atoms with Gasteiger partial charge in [-0.25, -0.2) is 12.7 Å². The van der Waals surface area contributed by atoms with Crippen molar-refractivity contribution in [3.63, 3.8) is 0 Å². The Bertz CT molecular complexity index is 662. The van der Waals surface area contributed by atoms with Crippen LogP contribution in [0.1, 0.15) is 26.3 Å². The van der Waals surface area contributed by atoms with Gasteiger partial charge in [-0.1, -0.05) is 26.8 Å². The summed E-state index contributed by atoms with van der Waals surface area (Å²) in [4.78, 5) is 10.3. The molecule has 132 valence electrons. The predicted molar refractivity (Wildman–Crippen MR) is 92.4 cm³/mol. The third kappa shape index (κ3) is 5.13. The van der Waals surface area contributed by atoms with Crippen LogP contribution in [0, 0.1) is 15.5 Å². The Morgan fingerprint density at radius 3 is 2.35 bits per heavy atom. The van der Waals surface area contributed by atoms with Crippen molar-refractivity contribution in [3.05, 3.63) is 33.9 Å². The van der Waals surface area contributed by atoms with Crippen LogP contribution in [-0.4, -0.2) is 37.8 Å². The van der Waals surface area contributed by atoms with Crippen molar-refractivity contribution < 1.29 is 13.3 Å². The number of nitrogens with zero attached hydrogens (tertiary/aromatic N) is 2. The van der Waals surface area contributed by atoms with Crippen molar-refractivity contribution in [3.8, 4) is 0 Å². The van der Waals surface area contributed by atoms with Gasteiger partial charge in [-0.3, -0.25) is 10.1 Å². The Morgan fingerprint density at radius 1 is 1.35 bits per heavy atom. The minimum Gasteiger partial charge on any atom is -0.330 e. The van der Waals surface area contributed by atoms with Gasteiger partial charge in [-0.15, -0.1) is 12.4 Å². The first-order chi connectivity index (χ1) is 10.0. The Hall–Kier alpha value is -1.22. The molecule has 7 nitrogen and oxygen atoms in total. The molecule has 0 aliphatic rings. The monoisotopic (exact) mass is 365 g/mol. The summed E-state index contributed by atoms with van der Waals surface area (Å²) >= 11 is 0. The molecule has 9 heteroatoms. The van der Waals surface area contributed by atoms with Crippen molar-refractivity contribution in [2.24, 2.45) is 11.1 Å². The Morgan fingerprint density at radius 2 is 1.91 bits per heavy atom. The van der Waals surface area contributed by atoms with Gasteiger partial charge in [0.2, 0.25) is 10.0 Å². The van der Waals surface area contributed by atoms with Crippen molar-refractivity contribution in [2.45, 2.75) is 32.1 Å². The molecule has 0 atom stereocenters. The summed E-state index contributed by atoms with van der Waals surface area (Å²) in [6.45, 7) is 6.12. The largest absolute Gasteiger partial charge is 0.330 e. The smallest absolute Gasteiger partial charge is 0.270 e. The molecule has 0 unspecified atom stereocenters. The van der Waals surface area contributed by atoms with Crippen molar-refractivity contribution >= 4 is 28.1 Å². The third-order valence-corrected chi connectivity index (χ3v) is 5.42. The van der Waals surface area contributed by atoms with Crippen LogP contribution in [0.4, 0.5) is 5.69 Å². The zero-order valence-corrected chi connectivity index (χ0v) is 15.4. The molecule has 1 aromatic carbocycles. The highest BCUT2D eigenvalue weighted by molar-refractivity contribution is 7.89. The zero-order chi connectivity index (χ0) is 17.1. The van der Waals surface area contributed by atoms with E-state index in [-0.39, 0.29) is 34.9 Å². The fourth-order valence-corrected chi connectivity index (χ4v) is 3.78. The second-order valence-electron chi connectivity index (χ2n) is 6.03. The molecule has 0 aromatic heterocycles. The van der Waals surface area contributed by atoms with E-state index in [1.165, 1.54) is 23.5 Å². The van der Waals surface area contributed by atoms with Crippen LogP contribution < -0.4 is 5.73 Å². The average molecular weight is 366 g/mol. The van der Waals surface area contributed by atoms with E-state index in [1.54, 1.807) is 0 Å². The van der Waals surface area contributed by atoms with Gasteiger partial charge in [-0.2, -0.15) is 0 Å². The molecule has 0 radical (unpaired) electrons. The molecule has 1 aromatic rings. The molecule has 0 aliphatic heterocycles. The van der Waals surface area contributed by atoms with Crippen LogP contribution in [0.15, 0.2) is 23.1 Å². The standard InChI is InChI=1S/C14H23N3O4S.ClH/c1-5-11-6-7-12(17(18)19)8-13(11)22(20,21)16(4)10-14(2,3)9-15;/h6-8H,5,9-10,15H2,1-4H3;1H. The van der Waals surface area contributed by atoms with Gasteiger partial charge < -0.3 is 5.73 Å². The predicted octanol–water partition coefficient (Wildman–Crippen LogP) is 2.18. The highest BCUT2D eigenvalue weighted by Crippen LogP contribution is 2.27. The number of nitro groups is 1. The molecule has 0 heterocycles. The molecule has 0 bridgehead atoms. The third-order valence-electron chi connectivity index (χ3n) is 3.53. The van der Waals surface area contributed by atoms with E-state index in [4.69, 9.17) is 5.73 Å². The molecule has 0 amide bonds. The lowest BCUT2D eigenvalue weighted by molar-refractivity contribution is -0.385. The summed E-state index contributed by atoms with van der Waals surface area (Å²) in [5.41, 5.74) is 5.59.